The van der Waals surface area contributed by atoms with Gasteiger partial charge in [-0.1, -0.05) is 83.9 Å². The monoisotopic (exact) mass is 781 g/mol. The number of unbranched alkanes of at least 4 members (excludes halogenated alkanes) is 2. The van der Waals surface area contributed by atoms with E-state index < -0.39 is 41.6 Å². The lowest BCUT2D eigenvalue weighted by molar-refractivity contribution is -0.140. The van der Waals surface area contributed by atoms with Crippen LogP contribution in [0.3, 0.4) is 0 Å². The van der Waals surface area contributed by atoms with Gasteiger partial charge in [-0.25, -0.2) is 14.6 Å². The maximum atomic E-state index is 14.4. The van der Waals surface area contributed by atoms with Gasteiger partial charge in [0.05, 0.1) is 38.6 Å². The second-order valence-electron chi connectivity index (χ2n) is 15.6. The number of hydrogen-bond donors (Lipinski definition) is 4. The van der Waals surface area contributed by atoms with E-state index in [1.54, 1.807) is 14.8 Å². The van der Waals surface area contributed by atoms with Gasteiger partial charge in [-0.05, 0) is 55.2 Å². The van der Waals surface area contributed by atoms with Crippen molar-refractivity contribution in [2.75, 3.05) is 40.4 Å². The number of esters is 1. The number of nitrogens with zero attached hydrogens (tertiary/aromatic N) is 4. The summed E-state index contributed by atoms with van der Waals surface area (Å²) in [5.41, 5.74) is 4.69. The topological polar surface area (TPSA) is 183 Å². The summed E-state index contributed by atoms with van der Waals surface area (Å²) in [6, 6.07) is 12.3. The Morgan fingerprint density at radius 2 is 1.66 bits per heavy atom. The molecular formula is C41H63N7O8. The number of aliphatic hydroxyl groups is 1. The number of aryl methyl sites for hydroxylation is 1. The van der Waals surface area contributed by atoms with Crippen molar-refractivity contribution in [2.45, 2.75) is 111 Å². The number of rotatable bonds is 21. The number of carbonyl (C=O) groups excluding carboxylic acids is 5. The Hall–Kier alpha value is -4.76. The van der Waals surface area contributed by atoms with Crippen LogP contribution < -0.4 is 16.1 Å². The average Bonchev–Trinajstić information content (AvgIpc) is 3.50. The number of methoxy groups -OCH3 is 2. The number of hydrogen-bond acceptors (Lipinski definition) is 10. The molecule has 3 rings (SSSR count). The first-order valence-corrected chi connectivity index (χ1v) is 19.5. The first kappa shape index (κ1) is 45.6. The first-order chi connectivity index (χ1) is 26.6. The molecule has 5 amide bonds. The molecule has 0 spiro atoms. The summed E-state index contributed by atoms with van der Waals surface area (Å²) < 4.78 is 9.53. The summed E-state index contributed by atoms with van der Waals surface area (Å²) in [5.74, 6) is -1.39. The molecule has 2 heterocycles. The third-order valence-electron chi connectivity index (χ3n) is 10.1. The standard InChI is InChI=1S/C41H63N7O8/c1-9-28(2)35(48-24-23-46(40(48)54)26-31-20-16-17-29(3)42-31)37(51)43-32(25-30-18-12-10-13-19-30)33(49)27-47(22-15-11-14-21-34(50)55-7)45-38(52)36(41(4,5)6)44-39(53)56-8/h10,12-13,16-20,28,32-33,35-36,49H,9,11,14-15,21-27H2,1-8H3,(H,43,51)(H,44,53)(H,45,52)/t28-,32-,33-,35-,36+/m0/s1. The fourth-order valence-corrected chi connectivity index (χ4v) is 6.71. The zero-order chi connectivity index (χ0) is 41.4. The SMILES string of the molecule is CC[C@H](C)[C@@H](C(=O)N[C@@H](Cc1ccccc1)[C@@H](O)CN(CCCCCC(=O)OC)NC(=O)[C@@H](NC(=O)OC)C(C)(C)C)N1CCN(Cc2cccc(C)n2)C1=O. The lowest BCUT2D eigenvalue weighted by Gasteiger charge is -2.36. The number of aromatic nitrogens is 1. The molecule has 4 N–H and O–H groups in total. The summed E-state index contributed by atoms with van der Waals surface area (Å²) in [4.78, 5) is 73.7. The molecule has 1 saturated heterocycles. The highest BCUT2D eigenvalue weighted by Crippen LogP contribution is 2.23. The minimum atomic E-state index is -1.19. The van der Waals surface area contributed by atoms with Crippen LogP contribution in [0, 0.1) is 18.3 Å². The fourth-order valence-electron chi connectivity index (χ4n) is 6.71. The van der Waals surface area contributed by atoms with Gasteiger partial charge in [0.1, 0.15) is 12.1 Å². The van der Waals surface area contributed by atoms with E-state index >= 15 is 0 Å². The Morgan fingerprint density at radius 3 is 2.29 bits per heavy atom. The van der Waals surface area contributed by atoms with Crippen molar-refractivity contribution < 1.29 is 38.6 Å². The van der Waals surface area contributed by atoms with Crippen molar-refractivity contribution in [3.8, 4) is 0 Å². The highest BCUT2D eigenvalue weighted by atomic mass is 16.5. The minimum absolute atomic E-state index is 0.0798. The third kappa shape index (κ3) is 14.1. The summed E-state index contributed by atoms with van der Waals surface area (Å²) >= 11 is 0. The molecule has 310 valence electrons. The molecule has 0 radical (unpaired) electrons. The molecule has 15 nitrogen and oxygen atoms in total. The van der Waals surface area contributed by atoms with Gasteiger partial charge in [0.25, 0.3) is 5.91 Å². The van der Waals surface area contributed by atoms with E-state index in [0.717, 1.165) is 17.0 Å². The number of carbonyl (C=O) groups is 5. The molecule has 1 fully saturated rings. The van der Waals surface area contributed by atoms with Crippen molar-refractivity contribution in [3.63, 3.8) is 0 Å². The Kier molecular flexibility index (Phi) is 18.0. The molecule has 1 aromatic carbocycles. The van der Waals surface area contributed by atoms with E-state index in [-0.39, 0.29) is 43.2 Å². The molecule has 0 bridgehead atoms. The summed E-state index contributed by atoms with van der Waals surface area (Å²) in [7, 11) is 2.56. The van der Waals surface area contributed by atoms with Gasteiger partial charge in [-0.2, -0.15) is 0 Å². The van der Waals surface area contributed by atoms with Crippen LogP contribution in [0.4, 0.5) is 9.59 Å². The zero-order valence-corrected chi connectivity index (χ0v) is 34.4. The molecule has 56 heavy (non-hydrogen) atoms. The van der Waals surface area contributed by atoms with E-state index in [2.05, 4.69) is 21.0 Å². The second-order valence-corrected chi connectivity index (χ2v) is 15.6. The summed E-state index contributed by atoms with van der Waals surface area (Å²) in [6.07, 6.45) is 0.989. The number of alkyl carbamates (subject to hydrolysis) is 1. The Balaban J connectivity index is 1.87. The molecule has 0 saturated carbocycles. The number of ether oxygens (including phenoxy) is 2. The van der Waals surface area contributed by atoms with Crippen molar-refractivity contribution in [3.05, 3.63) is 65.5 Å². The minimum Gasteiger partial charge on any atom is -0.469 e. The molecule has 2 aromatic rings. The smallest absolute Gasteiger partial charge is 0.407 e. The van der Waals surface area contributed by atoms with Crippen LogP contribution in [0.25, 0.3) is 0 Å². The van der Waals surface area contributed by atoms with E-state index in [1.165, 1.54) is 14.2 Å². The van der Waals surface area contributed by atoms with Gasteiger partial charge in [-0.15, -0.1) is 0 Å². The van der Waals surface area contributed by atoms with Crippen molar-refractivity contribution in [1.29, 1.82) is 0 Å². The van der Waals surface area contributed by atoms with Crippen LogP contribution in [0.2, 0.25) is 0 Å². The van der Waals surface area contributed by atoms with Crippen molar-refractivity contribution in [2.24, 2.45) is 11.3 Å². The van der Waals surface area contributed by atoms with Crippen LogP contribution in [0.1, 0.15) is 83.7 Å². The quantitative estimate of drug-likeness (QED) is 0.0822. The van der Waals surface area contributed by atoms with Crippen LogP contribution in [0.15, 0.2) is 48.5 Å². The predicted octanol–water partition coefficient (Wildman–Crippen LogP) is 3.97. The maximum Gasteiger partial charge on any atom is 0.407 e. The number of benzene rings is 1. The van der Waals surface area contributed by atoms with Crippen LogP contribution in [-0.4, -0.2) is 119 Å². The van der Waals surface area contributed by atoms with Crippen molar-refractivity contribution >= 4 is 29.9 Å². The first-order valence-electron chi connectivity index (χ1n) is 19.5. The molecule has 0 aliphatic carbocycles. The highest BCUT2D eigenvalue weighted by molar-refractivity contribution is 5.88. The zero-order valence-electron chi connectivity index (χ0n) is 34.4. The van der Waals surface area contributed by atoms with E-state index in [0.29, 0.717) is 51.9 Å². The number of pyridine rings is 1. The van der Waals surface area contributed by atoms with Gasteiger partial charge >= 0.3 is 18.1 Å². The Bertz CT molecular complexity index is 1590. The largest absolute Gasteiger partial charge is 0.469 e. The second kappa shape index (κ2) is 22.1. The fraction of sp³-hybridized carbons (Fsp3) is 0.610. The lowest BCUT2D eigenvalue weighted by atomic mass is 9.86. The summed E-state index contributed by atoms with van der Waals surface area (Å²) in [6.45, 7) is 12.6. The van der Waals surface area contributed by atoms with Gasteiger partial charge in [0, 0.05) is 38.3 Å². The summed E-state index contributed by atoms with van der Waals surface area (Å²) in [5, 5.41) is 19.3. The lowest BCUT2D eigenvalue weighted by Crippen LogP contribution is -2.60. The molecule has 5 atom stereocenters. The number of amides is 5. The van der Waals surface area contributed by atoms with Crippen LogP contribution in [-0.2, 0) is 36.8 Å². The Morgan fingerprint density at radius 1 is 0.946 bits per heavy atom. The molecular weight excluding hydrogens is 718 g/mol. The molecule has 15 heteroatoms. The Labute approximate surface area is 331 Å². The number of nitrogens with one attached hydrogen (secondary N) is 3. The third-order valence-corrected chi connectivity index (χ3v) is 10.1. The number of hydrazine groups is 1. The van der Waals surface area contributed by atoms with E-state index in [1.807, 2.05) is 90.1 Å². The number of urea groups is 1. The molecule has 1 aliphatic rings. The average molecular weight is 782 g/mol. The van der Waals surface area contributed by atoms with E-state index in [9.17, 15) is 29.1 Å². The normalized spacial score (nSPS) is 15.8. The maximum absolute atomic E-state index is 14.4. The molecule has 0 unspecified atom stereocenters. The predicted molar refractivity (Wildman–Crippen MR) is 212 cm³/mol. The van der Waals surface area contributed by atoms with Crippen LogP contribution in [0.5, 0.6) is 0 Å². The molecule has 1 aromatic heterocycles. The van der Waals surface area contributed by atoms with E-state index in [4.69, 9.17) is 9.47 Å². The van der Waals surface area contributed by atoms with Crippen LogP contribution >= 0.6 is 0 Å². The van der Waals surface area contributed by atoms with Gasteiger partial charge < -0.3 is 35.0 Å². The van der Waals surface area contributed by atoms with Gasteiger partial charge in [0.15, 0.2) is 0 Å². The van der Waals surface area contributed by atoms with Gasteiger partial charge in [-0.3, -0.25) is 24.8 Å². The van der Waals surface area contributed by atoms with Crippen molar-refractivity contribution in [1.82, 2.24) is 35.9 Å². The number of aliphatic hydroxyl groups excluding tert-OH is 1. The molecule has 1 aliphatic heterocycles. The highest BCUT2D eigenvalue weighted by Gasteiger charge is 2.41. The van der Waals surface area contributed by atoms with Gasteiger partial charge in [0.2, 0.25) is 5.91 Å².